The second-order valence-corrected chi connectivity index (χ2v) is 6.98. The van der Waals surface area contributed by atoms with Crippen molar-refractivity contribution in [2.75, 3.05) is 11.9 Å². The van der Waals surface area contributed by atoms with E-state index in [4.69, 9.17) is 4.74 Å². The number of hydrogen-bond donors (Lipinski definition) is 1. The quantitative estimate of drug-likeness (QED) is 0.370. The Hall–Kier alpha value is -4.53. The lowest BCUT2D eigenvalue weighted by Gasteiger charge is -2.11. The fourth-order valence-electron chi connectivity index (χ4n) is 3.19. The number of benzene rings is 3. The molecular formula is C23H18N4O5. The van der Waals surface area contributed by atoms with E-state index in [1.165, 1.54) is 28.8 Å². The number of hydrogen-bond acceptors (Lipinski definition) is 6. The molecule has 0 radical (unpaired) electrons. The first-order chi connectivity index (χ1) is 15.4. The van der Waals surface area contributed by atoms with E-state index in [1.807, 2.05) is 6.07 Å². The van der Waals surface area contributed by atoms with Crippen molar-refractivity contribution in [1.82, 2.24) is 9.55 Å². The molecule has 0 spiro atoms. The van der Waals surface area contributed by atoms with Gasteiger partial charge in [-0.05, 0) is 48.5 Å². The van der Waals surface area contributed by atoms with Crippen LogP contribution in [-0.4, -0.2) is 27.0 Å². The van der Waals surface area contributed by atoms with Crippen LogP contribution in [0.4, 0.5) is 11.4 Å². The first-order valence-corrected chi connectivity index (χ1v) is 9.66. The van der Waals surface area contributed by atoms with E-state index in [2.05, 4.69) is 10.3 Å². The van der Waals surface area contributed by atoms with Gasteiger partial charge in [0.2, 0.25) is 0 Å². The van der Waals surface area contributed by atoms with Crippen LogP contribution in [-0.2, 0) is 11.8 Å². The highest BCUT2D eigenvalue weighted by Crippen LogP contribution is 2.22. The molecule has 0 aliphatic carbocycles. The van der Waals surface area contributed by atoms with Gasteiger partial charge in [0.1, 0.15) is 11.6 Å². The van der Waals surface area contributed by atoms with Crippen molar-refractivity contribution in [3.63, 3.8) is 0 Å². The van der Waals surface area contributed by atoms with E-state index in [0.29, 0.717) is 28.2 Å². The normalized spacial score (nSPS) is 10.7. The van der Waals surface area contributed by atoms with Crippen LogP contribution in [0.5, 0.6) is 5.75 Å². The van der Waals surface area contributed by atoms with Gasteiger partial charge >= 0.3 is 0 Å². The van der Waals surface area contributed by atoms with Crippen LogP contribution in [0.3, 0.4) is 0 Å². The number of nitrogens with one attached hydrogen (secondary N) is 1. The summed E-state index contributed by atoms with van der Waals surface area (Å²) in [5.74, 6) is 0.594. The number of carbonyl (C=O) groups is 1. The van der Waals surface area contributed by atoms with Crippen LogP contribution in [0.25, 0.3) is 22.3 Å². The topological polar surface area (TPSA) is 116 Å². The number of fused-ring (bicyclic) bond motifs is 1. The second-order valence-electron chi connectivity index (χ2n) is 6.98. The molecule has 0 bridgehead atoms. The summed E-state index contributed by atoms with van der Waals surface area (Å²) in [4.78, 5) is 39.4. The number of carbonyl (C=O) groups excluding carboxylic acids is 1. The summed E-state index contributed by atoms with van der Waals surface area (Å²) in [5.41, 5.74) is 1.60. The summed E-state index contributed by atoms with van der Waals surface area (Å²) in [5, 5.41) is 13.8. The highest BCUT2D eigenvalue weighted by atomic mass is 16.6. The Balaban J connectivity index is 1.42. The van der Waals surface area contributed by atoms with Crippen LogP contribution >= 0.6 is 0 Å². The zero-order valence-corrected chi connectivity index (χ0v) is 17.0. The summed E-state index contributed by atoms with van der Waals surface area (Å²) in [6.07, 6.45) is 0. The minimum absolute atomic E-state index is 0.0576. The molecule has 160 valence electrons. The molecule has 0 aliphatic heterocycles. The van der Waals surface area contributed by atoms with E-state index in [9.17, 15) is 19.7 Å². The standard InChI is InChI=1S/C23H18N4O5/c1-26-22(25-20-5-3-2-4-19(20)23(26)29)15-6-12-18(13-7-15)32-14-21(28)24-16-8-10-17(11-9-16)27(30)31/h2-13H,14H2,1H3,(H,24,28). The van der Waals surface area contributed by atoms with E-state index < -0.39 is 10.8 Å². The SMILES string of the molecule is Cn1c(-c2ccc(OCC(=O)Nc3ccc([N+](=O)[O-])cc3)cc2)nc2ccccc2c1=O. The molecule has 0 atom stereocenters. The summed E-state index contributed by atoms with van der Waals surface area (Å²) < 4.78 is 7.00. The van der Waals surface area contributed by atoms with Gasteiger partial charge in [-0.15, -0.1) is 0 Å². The fraction of sp³-hybridized carbons (Fsp3) is 0.0870. The van der Waals surface area contributed by atoms with E-state index >= 15 is 0 Å². The number of rotatable bonds is 6. The largest absolute Gasteiger partial charge is 0.484 e. The number of para-hydroxylation sites is 1. The predicted octanol–water partition coefficient (Wildman–Crippen LogP) is 3.53. The molecule has 0 aliphatic rings. The average molecular weight is 430 g/mol. The molecule has 0 unspecified atom stereocenters. The third kappa shape index (κ3) is 4.31. The number of anilines is 1. The molecule has 9 heteroatoms. The van der Waals surface area contributed by atoms with Crippen LogP contribution in [0.2, 0.25) is 0 Å². The van der Waals surface area contributed by atoms with Crippen molar-refractivity contribution in [3.05, 3.63) is 93.3 Å². The summed E-state index contributed by atoms with van der Waals surface area (Å²) in [6, 6.07) is 19.6. The molecule has 0 fully saturated rings. The van der Waals surface area contributed by atoms with Crippen molar-refractivity contribution in [1.29, 1.82) is 0 Å². The van der Waals surface area contributed by atoms with Gasteiger partial charge in [-0.3, -0.25) is 24.3 Å². The minimum Gasteiger partial charge on any atom is -0.484 e. The van der Waals surface area contributed by atoms with Gasteiger partial charge in [-0.25, -0.2) is 4.98 Å². The molecule has 1 aromatic heterocycles. The van der Waals surface area contributed by atoms with Crippen LogP contribution < -0.4 is 15.6 Å². The van der Waals surface area contributed by atoms with Crippen LogP contribution in [0.1, 0.15) is 0 Å². The van der Waals surface area contributed by atoms with Gasteiger partial charge in [-0.1, -0.05) is 12.1 Å². The number of ether oxygens (including phenoxy) is 1. The highest BCUT2D eigenvalue weighted by molar-refractivity contribution is 5.92. The number of non-ortho nitro benzene ring substituents is 1. The fourth-order valence-corrected chi connectivity index (χ4v) is 3.19. The molecule has 1 N–H and O–H groups in total. The summed E-state index contributed by atoms with van der Waals surface area (Å²) in [7, 11) is 1.67. The lowest BCUT2D eigenvalue weighted by Crippen LogP contribution is -2.20. The molecule has 1 amide bonds. The van der Waals surface area contributed by atoms with Gasteiger partial charge < -0.3 is 10.1 Å². The lowest BCUT2D eigenvalue weighted by molar-refractivity contribution is -0.384. The van der Waals surface area contributed by atoms with Crippen LogP contribution in [0, 0.1) is 10.1 Å². The maximum Gasteiger partial charge on any atom is 0.269 e. The smallest absolute Gasteiger partial charge is 0.269 e. The average Bonchev–Trinajstić information content (AvgIpc) is 2.81. The lowest BCUT2D eigenvalue weighted by atomic mass is 10.1. The first-order valence-electron chi connectivity index (χ1n) is 9.66. The van der Waals surface area contributed by atoms with Gasteiger partial charge in [0, 0.05) is 30.4 Å². The Labute approximate surface area is 182 Å². The van der Waals surface area contributed by atoms with Crippen molar-refractivity contribution in [2.45, 2.75) is 0 Å². The Kier molecular flexibility index (Phi) is 5.63. The monoisotopic (exact) mass is 430 g/mol. The third-order valence-electron chi connectivity index (χ3n) is 4.83. The molecule has 32 heavy (non-hydrogen) atoms. The van der Waals surface area contributed by atoms with Gasteiger partial charge in [-0.2, -0.15) is 0 Å². The first kappa shape index (κ1) is 20.7. The zero-order valence-electron chi connectivity index (χ0n) is 17.0. The number of nitro groups is 1. The van der Waals surface area contributed by atoms with E-state index in [0.717, 1.165) is 5.56 Å². The summed E-state index contributed by atoms with van der Waals surface area (Å²) >= 11 is 0. The zero-order chi connectivity index (χ0) is 22.7. The maximum atomic E-state index is 12.6. The third-order valence-corrected chi connectivity index (χ3v) is 4.83. The van der Waals surface area contributed by atoms with E-state index in [-0.39, 0.29) is 17.9 Å². The number of nitro benzene ring substituents is 1. The Morgan fingerprint density at radius 1 is 1.06 bits per heavy atom. The Bertz CT molecular complexity index is 1360. The second kappa shape index (κ2) is 8.68. The molecule has 9 nitrogen and oxygen atoms in total. The molecule has 0 saturated heterocycles. The molecule has 4 rings (SSSR count). The maximum absolute atomic E-state index is 12.6. The highest BCUT2D eigenvalue weighted by Gasteiger charge is 2.11. The summed E-state index contributed by atoms with van der Waals surface area (Å²) in [6.45, 7) is -0.233. The van der Waals surface area contributed by atoms with Crippen LogP contribution in [0.15, 0.2) is 77.6 Å². The molecule has 0 saturated carbocycles. The van der Waals surface area contributed by atoms with E-state index in [1.54, 1.807) is 49.5 Å². The van der Waals surface area contributed by atoms with Gasteiger partial charge in [0.25, 0.3) is 17.2 Å². The number of amides is 1. The van der Waals surface area contributed by atoms with Crippen molar-refractivity contribution in [3.8, 4) is 17.1 Å². The van der Waals surface area contributed by atoms with Crippen molar-refractivity contribution in [2.24, 2.45) is 7.05 Å². The molecule has 3 aromatic carbocycles. The molecule has 4 aromatic rings. The Morgan fingerprint density at radius 2 is 1.75 bits per heavy atom. The minimum atomic E-state index is -0.510. The van der Waals surface area contributed by atoms with Gasteiger partial charge in [0.15, 0.2) is 6.61 Å². The molecular weight excluding hydrogens is 412 g/mol. The van der Waals surface area contributed by atoms with Crippen molar-refractivity contribution < 1.29 is 14.5 Å². The Morgan fingerprint density at radius 3 is 2.44 bits per heavy atom. The molecule has 1 heterocycles. The number of nitrogens with zero attached hydrogens (tertiary/aromatic N) is 3. The van der Waals surface area contributed by atoms with Gasteiger partial charge in [0.05, 0.1) is 15.8 Å². The predicted molar refractivity (Wildman–Crippen MR) is 120 cm³/mol. The number of aromatic nitrogens is 2. The van der Waals surface area contributed by atoms with Crippen molar-refractivity contribution >= 4 is 28.2 Å².